The Morgan fingerprint density at radius 2 is 1.91 bits per heavy atom. The van der Waals surface area contributed by atoms with Crippen LogP contribution < -0.4 is 0 Å². The van der Waals surface area contributed by atoms with Crippen LogP contribution in [0.5, 0.6) is 0 Å². The predicted molar refractivity (Wildman–Crippen MR) is 115 cm³/mol. The van der Waals surface area contributed by atoms with Crippen LogP contribution in [-0.2, 0) is 14.4 Å². The number of carbonyl (C=O) groups is 3. The van der Waals surface area contributed by atoms with Gasteiger partial charge in [0.25, 0.3) is 0 Å². The van der Waals surface area contributed by atoms with Crippen LogP contribution in [0.25, 0.3) is 11.3 Å². The third-order valence-electron chi connectivity index (χ3n) is 8.11. The molecule has 33 heavy (non-hydrogen) atoms. The summed E-state index contributed by atoms with van der Waals surface area (Å²) in [5.74, 6) is 0.487. The molecule has 4 fully saturated rings. The van der Waals surface area contributed by atoms with Crippen LogP contribution >= 0.6 is 0 Å². The van der Waals surface area contributed by atoms with Crippen molar-refractivity contribution in [2.75, 3.05) is 19.6 Å². The van der Waals surface area contributed by atoms with Gasteiger partial charge in [-0.1, -0.05) is 5.16 Å². The van der Waals surface area contributed by atoms with Crippen molar-refractivity contribution in [3.63, 3.8) is 0 Å². The van der Waals surface area contributed by atoms with Crippen molar-refractivity contribution >= 4 is 17.7 Å². The largest absolute Gasteiger partial charge is 0.356 e. The molecule has 2 saturated carbocycles. The van der Waals surface area contributed by atoms with Crippen LogP contribution in [0.3, 0.4) is 0 Å². The number of carbonyl (C=O) groups excluding carboxylic acids is 3. The first-order chi connectivity index (χ1) is 16.0. The summed E-state index contributed by atoms with van der Waals surface area (Å²) in [5.41, 5.74) is 2.39. The van der Waals surface area contributed by atoms with Crippen LogP contribution in [-0.4, -0.2) is 62.3 Å². The van der Waals surface area contributed by atoms with E-state index in [-0.39, 0.29) is 42.0 Å². The molecule has 2 bridgehead atoms. The Labute approximate surface area is 191 Å². The smallest absolute Gasteiger partial charge is 0.242 e. The lowest BCUT2D eigenvalue weighted by molar-refractivity contribution is -0.147. The fourth-order valence-corrected chi connectivity index (χ4v) is 6.63. The summed E-state index contributed by atoms with van der Waals surface area (Å²) in [6.45, 7) is 2.82. The summed E-state index contributed by atoms with van der Waals surface area (Å²) >= 11 is 0. The van der Waals surface area contributed by atoms with Crippen LogP contribution in [0.2, 0.25) is 0 Å². The number of hydrogen-bond donors (Lipinski definition) is 0. The molecule has 2 saturated heterocycles. The molecule has 0 spiro atoms. The highest BCUT2D eigenvalue weighted by atomic mass is 16.5. The Hall–Kier alpha value is -3.10. The zero-order chi connectivity index (χ0) is 22.7. The summed E-state index contributed by atoms with van der Waals surface area (Å²) in [7, 11) is 0. The third kappa shape index (κ3) is 3.28. The second-order valence-electron chi connectivity index (χ2n) is 9.98. The zero-order valence-electron chi connectivity index (χ0n) is 18.6. The second-order valence-corrected chi connectivity index (χ2v) is 9.98. The van der Waals surface area contributed by atoms with Gasteiger partial charge < -0.3 is 9.42 Å². The molecule has 4 aliphatic rings. The predicted octanol–water partition coefficient (Wildman–Crippen LogP) is 2.18. The van der Waals surface area contributed by atoms with Crippen LogP contribution in [0, 0.1) is 30.6 Å². The average Bonchev–Trinajstić information content (AvgIpc) is 3.61. The molecule has 0 N–H and O–H groups in total. The highest BCUT2D eigenvalue weighted by molar-refractivity contribution is 6.08. The Morgan fingerprint density at radius 1 is 1.15 bits per heavy atom. The van der Waals surface area contributed by atoms with Gasteiger partial charge in [-0.25, -0.2) is 9.97 Å². The molecule has 172 valence electrons. The van der Waals surface area contributed by atoms with Gasteiger partial charge in [0, 0.05) is 31.3 Å². The van der Waals surface area contributed by atoms with E-state index in [0.29, 0.717) is 30.7 Å². The number of piperidine rings is 1. The van der Waals surface area contributed by atoms with Crippen LogP contribution in [0.15, 0.2) is 23.1 Å². The molecule has 0 aromatic carbocycles. The Bertz CT molecular complexity index is 1100. The fourth-order valence-electron chi connectivity index (χ4n) is 6.63. The highest BCUT2D eigenvalue weighted by Crippen LogP contribution is 2.56. The molecule has 0 radical (unpaired) electrons. The van der Waals surface area contributed by atoms with Crippen molar-refractivity contribution in [3.05, 3.63) is 30.0 Å². The average molecular weight is 450 g/mol. The van der Waals surface area contributed by atoms with Crippen molar-refractivity contribution in [1.29, 1.82) is 0 Å². The summed E-state index contributed by atoms with van der Waals surface area (Å²) in [4.78, 5) is 50.9. The van der Waals surface area contributed by atoms with Gasteiger partial charge in [0.1, 0.15) is 12.9 Å². The van der Waals surface area contributed by atoms with E-state index in [1.54, 1.807) is 11.1 Å². The van der Waals surface area contributed by atoms with Gasteiger partial charge in [0.05, 0.1) is 28.8 Å². The lowest BCUT2D eigenvalue weighted by Crippen LogP contribution is -2.46. The Balaban J connectivity index is 1.18. The minimum absolute atomic E-state index is 0.0197. The first kappa shape index (κ1) is 20.5. The van der Waals surface area contributed by atoms with E-state index in [9.17, 15) is 14.4 Å². The minimum atomic E-state index is -0.188. The van der Waals surface area contributed by atoms with E-state index in [4.69, 9.17) is 4.52 Å². The molecular formula is C24H27N5O4. The van der Waals surface area contributed by atoms with Gasteiger partial charge in [-0.15, -0.1) is 0 Å². The first-order valence-electron chi connectivity index (χ1n) is 11.9. The summed E-state index contributed by atoms with van der Waals surface area (Å²) in [6, 6.07) is 1.85. The van der Waals surface area contributed by atoms with Crippen molar-refractivity contribution in [2.45, 2.75) is 44.9 Å². The molecule has 6 rings (SSSR count). The molecule has 5 atom stereocenters. The molecule has 2 aromatic heterocycles. The lowest BCUT2D eigenvalue weighted by atomic mass is 9.81. The number of nitrogens with zero attached hydrogens (tertiary/aromatic N) is 5. The molecule has 2 aromatic rings. The summed E-state index contributed by atoms with van der Waals surface area (Å²) in [6.07, 6.45) is 8.00. The Kier molecular flexibility index (Phi) is 4.81. The molecule has 3 amide bonds. The fraction of sp³-hybridized carbons (Fsp3) is 0.583. The van der Waals surface area contributed by atoms with Gasteiger partial charge in [-0.05, 0) is 50.9 Å². The van der Waals surface area contributed by atoms with Crippen molar-refractivity contribution in [2.24, 2.45) is 23.7 Å². The minimum Gasteiger partial charge on any atom is -0.356 e. The van der Waals surface area contributed by atoms with Gasteiger partial charge in [-0.3, -0.25) is 19.3 Å². The van der Waals surface area contributed by atoms with Crippen molar-refractivity contribution in [3.8, 4) is 11.3 Å². The number of hydrogen-bond acceptors (Lipinski definition) is 7. The van der Waals surface area contributed by atoms with E-state index >= 15 is 0 Å². The SMILES string of the molecule is Cc1cc(-c2cncnc2[C@@H]2CCCN(C(=O)CN3C(=O)[C@H]4[C@H]5CC[C@@H](C5)[C@@H]4C3=O)C2)on1. The van der Waals surface area contributed by atoms with Crippen molar-refractivity contribution in [1.82, 2.24) is 24.9 Å². The van der Waals surface area contributed by atoms with Crippen LogP contribution in [0.1, 0.15) is 49.4 Å². The van der Waals surface area contributed by atoms with E-state index in [1.807, 2.05) is 13.0 Å². The van der Waals surface area contributed by atoms with E-state index in [2.05, 4.69) is 15.1 Å². The molecule has 4 heterocycles. The first-order valence-corrected chi connectivity index (χ1v) is 11.9. The van der Waals surface area contributed by atoms with Gasteiger partial charge in [0.15, 0.2) is 5.76 Å². The van der Waals surface area contributed by atoms with E-state index < -0.39 is 0 Å². The lowest BCUT2D eigenvalue weighted by Gasteiger charge is -2.34. The number of likely N-dealkylation sites (tertiary alicyclic amines) is 2. The quantitative estimate of drug-likeness (QED) is 0.658. The number of rotatable bonds is 4. The normalized spacial score (nSPS) is 30.9. The topological polar surface area (TPSA) is 110 Å². The molecule has 9 heteroatoms. The van der Waals surface area contributed by atoms with E-state index in [0.717, 1.165) is 49.1 Å². The second kappa shape index (κ2) is 7.74. The maximum atomic E-state index is 13.2. The van der Waals surface area contributed by atoms with E-state index in [1.165, 1.54) is 11.2 Å². The summed E-state index contributed by atoms with van der Waals surface area (Å²) in [5, 5.41) is 3.97. The van der Waals surface area contributed by atoms with Gasteiger partial charge >= 0.3 is 0 Å². The van der Waals surface area contributed by atoms with Crippen molar-refractivity contribution < 1.29 is 18.9 Å². The van der Waals surface area contributed by atoms with Gasteiger partial charge in [-0.2, -0.15) is 0 Å². The number of imide groups is 1. The Morgan fingerprint density at radius 3 is 2.61 bits per heavy atom. The standard InChI is InChI=1S/C24H27N5O4/c1-13-7-18(33-27-13)17-9-25-12-26-22(17)16-3-2-6-28(10-16)19(30)11-29-23(31)20-14-4-5-15(8-14)21(20)24(29)32/h7,9,12,14-16,20-21H,2-6,8,10-11H2,1H3/t14-,15-,16+,20-,21-/m0/s1. The number of amides is 3. The monoisotopic (exact) mass is 449 g/mol. The molecular weight excluding hydrogens is 422 g/mol. The molecule has 2 aliphatic carbocycles. The zero-order valence-corrected chi connectivity index (χ0v) is 18.6. The molecule has 9 nitrogen and oxygen atoms in total. The van der Waals surface area contributed by atoms with Crippen LogP contribution in [0.4, 0.5) is 0 Å². The van der Waals surface area contributed by atoms with Gasteiger partial charge in [0.2, 0.25) is 17.7 Å². The number of aryl methyl sites for hydroxylation is 1. The maximum Gasteiger partial charge on any atom is 0.242 e. The highest BCUT2D eigenvalue weighted by Gasteiger charge is 2.61. The summed E-state index contributed by atoms with van der Waals surface area (Å²) < 4.78 is 5.43. The molecule has 0 unspecified atom stereocenters. The molecule has 2 aliphatic heterocycles. The number of aromatic nitrogens is 3. The number of fused-ring (bicyclic) bond motifs is 5. The maximum absolute atomic E-state index is 13.2. The third-order valence-corrected chi connectivity index (χ3v) is 8.11.